The standard InChI is InChI=1S/C28H32O13S/c29-16-18-4-6-19(7-5-18)17-41-28(34)23-13-22(14-24(15-23)42(35,36)37)27(33)40-11-9-38-8-10-39-26(32)21-3-1-2-20(12-21)25(30)31/h1-3,12-15,18-19,29H,4-11,16-17H2,(H,30,31)(H,35,36,37). The maximum atomic E-state index is 12.6. The molecule has 0 spiro atoms. The number of aromatic carboxylic acids is 1. The van der Waals surface area contributed by atoms with Crippen LogP contribution in [0.15, 0.2) is 47.4 Å². The summed E-state index contributed by atoms with van der Waals surface area (Å²) in [5.41, 5.74) is -0.568. The SMILES string of the molecule is O=C(O)c1cccc(C(=O)OCCOCCOC(=O)c2cc(C(=O)OCC3CCC(CO)CC3)cc(S(=O)(=O)O)c2)c1. The van der Waals surface area contributed by atoms with Crippen LogP contribution in [-0.4, -0.2) is 86.7 Å². The van der Waals surface area contributed by atoms with E-state index in [1.165, 1.54) is 24.3 Å². The van der Waals surface area contributed by atoms with E-state index in [1.807, 2.05) is 0 Å². The smallest absolute Gasteiger partial charge is 0.338 e. The summed E-state index contributed by atoms with van der Waals surface area (Å²) in [5, 5.41) is 18.2. The Morgan fingerprint density at radius 3 is 1.76 bits per heavy atom. The number of benzene rings is 2. The van der Waals surface area contributed by atoms with Gasteiger partial charge in [0, 0.05) is 6.61 Å². The molecule has 0 aliphatic heterocycles. The van der Waals surface area contributed by atoms with Crippen LogP contribution in [0.2, 0.25) is 0 Å². The fraction of sp³-hybridized carbons (Fsp3) is 0.429. The molecule has 0 amide bonds. The van der Waals surface area contributed by atoms with Crippen molar-refractivity contribution < 1.29 is 61.3 Å². The van der Waals surface area contributed by atoms with E-state index in [4.69, 9.17) is 24.1 Å². The second kappa shape index (κ2) is 15.4. The number of aliphatic hydroxyl groups is 1. The highest BCUT2D eigenvalue weighted by atomic mass is 32.2. The minimum absolute atomic E-state index is 0.0577. The van der Waals surface area contributed by atoms with Crippen LogP contribution in [0.3, 0.4) is 0 Å². The second-order valence-corrected chi connectivity index (χ2v) is 11.1. The van der Waals surface area contributed by atoms with Crippen molar-refractivity contribution >= 4 is 34.0 Å². The molecule has 228 valence electrons. The van der Waals surface area contributed by atoms with Gasteiger partial charge in [-0.2, -0.15) is 8.42 Å². The Kier molecular flexibility index (Phi) is 12.0. The number of carboxylic acids is 1. The Morgan fingerprint density at radius 2 is 1.21 bits per heavy atom. The number of ether oxygens (including phenoxy) is 4. The first kappa shape index (κ1) is 32.7. The second-order valence-electron chi connectivity index (χ2n) is 9.66. The third kappa shape index (κ3) is 9.91. The van der Waals surface area contributed by atoms with E-state index in [2.05, 4.69) is 0 Å². The molecule has 0 radical (unpaired) electrons. The maximum Gasteiger partial charge on any atom is 0.338 e. The van der Waals surface area contributed by atoms with Crippen molar-refractivity contribution in [1.82, 2.24) is 0 Å². The normalized spacial score (nSPS) is 16.8. The lowest BCUT2D eigenvalue weighted by molar-refractivity contribution is 0.0151. The van der Waals surface area contributed by atoms with Crippen LogP contribution in [0.5, 0.6) is 0 Å². The van der Waals surface area contributed by atoms with Crippen LogP contribution in [0, 0.1) is 11.8 Å². The van der Waals surface area contributed by atoms with Crippen LogP contribution in [0.25, 0.3) is 0 Å². The Labute approximate surface area is 242 Å². The van der Waals surface area contributed by atoms with Crippen LogP contribution in [0.1, 0.15) is 67.1 Å². The number of carboxylic acid groups (broad SMARTS) is 1. The van der Waals surface area contributed by atoms with Crippen molar-refractivity contribution in [3.63, 3.8) is 0 Å². The van der Waals surface area contributed by atoms with Crippen LogP contribution in [0.4, 0.5) is 0 Å². The van der Waals surface area contributed by atoms with Gasteiger partial charge in [-0.1, -0.05) is 6.07 Å². The molecule has 3 N–H and O–H groups in total. The average molecular weight is 609 g/mol. The van der Waals surface area contributed by atoms with Gasteiger partial charge in [-0.3, -0.25) is 4.55 Å². The van der Waals surface area contributed by atoms with Gasteiger partial charge in [0.2, 0.25) is 0 Å². The Balaban J connectivity index is 1.46. The summed E-state index contributed by atoms with van der Waals surface area (Å²) in [6, 6.07) is 8.20. The lowest BCUT2D eigenvalue weighted by Gasteiger charge is -2.26. The van der Waals surface area contributed by atoms with Gasteiger partial charge >= 0.3 is 23.9 Å². The number of carbonyl (C=O) groups excluding carboxylic acids is 3. The van der Waals surface area contributed by atoms with E-state index in [0.29, 0.717) is 0 Å². The molecule has 1 fully saturated rings. The highest BCUT2D eigenvalue weighted by Gasteiger charge is 2.24. The molecule has 1 aliphatic carbocycles. The van der Waals surface area contributed by atoms with Gasteiger partial charge in [0.25, 0.3) is 10.1 Å². The van der Waals surface area contributed by atoms with Gasteiger partial charge in [0.15, 0.2) is 0 Å². The maximum absolute atomic E-state index is 12.6. The van der Waals surface area contributed by atoms with Gasteiger partial charge in [-0.05, 0) is 73.9 Å². The van der Waals surface area contributed by atoms with Crippen molar-refractivity contribution in [3.05, 3.63) is 64.7 Å². The highest BCUT2D eigenvalue weighted by Crippen LogP contribution is 2.29. The van der Waals surface area contributed by atoms with Gasteiger partial charge < -0.3 is 29.2 Å². The molecule has 0 aromatic heterocycles. The Morgan fingerprint density at radius 1 is 0.714 bits per heavy atom. The van der Waals surface area contributed by atoms with E-state index in [1.54, 1.807) is 0 Å². The summed E-state index contributed by atoms with van der Waals surface area (Å²) in [5.74, 6) is -3.45. The fourth-order valence-corrected chi connectivity index (χ4v) is 4.83. The highest BCUT2D eigenvalue weighted by molar-refractivity contribution is 7.85. The molecule has 0 atom stereocenters. The molecule has 1 saturated carbocycles. The lowest BCUT2D eigenvalue weighted by atomic mass is 9.83. The molecular formula is C28H32O13S. The summed E-state index contributed by atoms with van der Waals surface area (Å²) < 4.78 is 53.6. The molecule has 2 aromatic rings. The molecule has 0 heterocycles. The molecule has 0 bridgehead atoms. The minimum atomic E-state index is -4.76. The van der Waals surface area contributed by atoms with Crippen LogP contribution < -0.4 is 0 Å². The minimum Gasteiger partial charge on any atom is -0.478 e. The zero-order chi connectivity index (χ0) is 30.7. The van der Waals surface area contributed by atoms with E-state index in [0.717, 1.165) is 43.9 Å². The summed E-state index contributed by atoms with van der Waals surface area (Å²) >= 11 is 0. The van der Waals surface area contributed by atoms with Crippen molar-refractivity contribution in [2.45, 2.75) is 30.6 Å². The number of esters is 3. The van der Waals surface area contributed by atoms with Gasteiger partial charge in [0.1, 0.15) is 13.2 Å². The molecule has 42 heavy (non-hydrogen) atoms. The third-order valence-electron chi connectivity index (χ3n) is 6.62. The lowest BCUT2D eigenvalue weighted by Crippen LogP contribution is -2.22. The zero-order valence-electron chi connectivity index (χ0n) is 22.6. The van der Waals surface area contributed by atoms with Crippen molar-refractivity contribution in [2.75, 3.05) is 39.6 Å². The first-order valence-electron chi connectivity index (χ1n) is 13.1. The predicted octanol–water partition coefficient (Wildman–Crippen LogP) is 2.62. The van der Waals surface area contributed by atoms with E-state index >= 15 is 0 Å². The summed E-state index contributed by atoms with van der Waals surface area (Å²) in [6.45, 7) is -0.383. The third-order valence-corrected chi connectivity index (χ3v) is 7.45. The zero-order valence-corrected chi connectivity index (χ0v) is 23.4. The summed E-state index contributed by atoms with van der Waals surface area (Å²) in [6.07, 6.45) is 3.16. The van der Waals surface area contributed by atoms with Gasteiger partial charge in [-0.25, -0.2) is 19.2 Å². The number of hydrogen-bond acceptors (Lipinski definition) is 11. The van der Waals surface area contributed by atoms with Crippen molar-refractivity contribution in [2.24, 2.45) is 11.8 Å². The molecule has 0 saturated heterocycles. The average Bonchev–Trinajstić information content (AvgIpc) is 2.98. The molecule has 3 rings (SSSR count). The molecule has 1 aliphatic rings. The molecule has 2 aromatic carbocycles. The largest absolute Gasteiger partial charge is 0.478 e. The van der Waals surface area contributed by atoms with E-state index in [9.17, 15) is 37.3 Å². The van der Waals surface area contributed by atoms with Crippen molar-refractivity contribution in [1.29, 1.82) is 0 Å². The fourth-order valence-electron chi connectivity index (χ4n) is 4.28. The van der Waals surface area contributed by atoms with Crippen LogP contribution in [-0.2, 0) is 29.1 Å². The molecular weight excluding hydrogens is 576 g/mol. The van der Waals surface area contributed by atoms with Gasteiger partial charge in [0.05, 0.1) is 47.0 Å². The first-order valence-corrected chi connectivity index (χ1v) is 14.6. The van der Waals surface area contributed by atoms with Gasteiger partial charge in [-0.15, -0.1) is 0 Å². The molecule has 0 unspecified atom stereocenters. The molecule has 13 nitrogen and oxygen atoms in total. The van der Waals surface area contributed by atoms with Crippen LogP contribution >= 0.6 is 0 Å². The Hall–Kier alpha value is -3.85. The summed E-state index contributed by atoms with van der Waals surface area (Å²) in [4.78, 5) is 47.5. The predicted molar refractivity (Wildman–Crippen MR) is 144 cm³/mol. The van der Waals surface area contributed by atoms with E-state index in [-0.39, 0.29) is 73.7 Å². The number of carbonyl (C=O) groups is 4. The quantitative estimate of drug-likeness (QED) is 0.122. The van der Waals surface area contributed by atoms with Crippen molar-refractivity contribution in [3.8, 4) is 0 Å². The molecule has 14 heteroatoms. The summed E-state index contributed by atoms with van der Waals surface area (Å²) in [7, 11) is -4.76. The first-order chi connectivity index (χ1) is 20.0. The number of rotatable bonds is 14. The monoisotopic (exact) mass is 608 g/mol. The topological polar surface area (TPSA) is 200 Å². The Bertz CT molecular complexity index is 1380. The number of hydrogen-bond donors (Lipinski definition) is 3. The van der Waals surface area contributed by atoms with E-state index < -0.39 is 38.9 Å². The number of aliphatic hydroxyl groups excluding tert-OH is 1.